The zero-order valence-electron chi connectivity index (χ0n) is 14.9. The van der Waals surface area contributed by atoms with E-state index in [1.807, 2.05) is 30.3 Å². The lowest BCUT2D eigenvalue weighted by Crippen LogP contribution is -2.37. The number of carbonyl (C=O) groups excluding carboxylic acids is 3. The Kier molecular flexibility index (Phi) is 7.05. The summed E-state index contributed by atoms with van der Waals surface area (Å²) in [5.41, 5.74) is 2.06. The monoisotopic (exact) mass is 354 g/mol. The standard InChI is InChI=1S/C20H22N2O4/c1-15(23)17-9-6-10-18(11-17)21-19(24)13-22(14-20(25)26-2)12-16-7-4-3-5-8-16/h3-11H,12-14H2,1-2H3,(H,21,24). The minimum Gasteiger partial charge on any atom is -0.468 e. The van der Waals surface area contributed by atoms with Gasteiger partial charge in [0.15, 0.2) is 5.78 Å². The molecule has 2 rings (SSSR count). The van der Waals surface area contributed by atoms with Crippen LogP contribution in [-0.4, -0.2) is 42.8 Å². The highest BCUT2D eigenvalue weighted by Crippen LogP contribution is 2.12. The number of nitrogens with one attached hydrogen (secondary N) is 1. The second-order valence-corrected chi connectivity index (χ2v) is 5.89. The third-order valence-corrected chi connectivity index (χ3v) is 3.75. The van der Waals surface area contributed by atoms with Crippen molar-refractivity contribution in [1.82, 2.24) is 4.90 Å². The van der Waals surface area contributed by atoms with Crippen molar-refractivity contribution in [2.45, 2.75) is 13.5 Å². The largest absolute Gasteiger partial charge is 0.468 e. The molecule has 2 aromatic rings. The molecule has 0 spiro atoms. The van der Waals surface area contributed by atoms with Crippen LogP contribution in [0.25, 0.3) is 0 Å². The molecule has 6 nitrogen and oxygen atoms in total. The highest BCUT2D eigenvalue weighted by atomic mass is 16.5. The maximum absolute atomic E-state index is 12.4. The van der Waals surface area contributed by atoms with E-state index < -0.39 is 5.97 Å². The Morgan fingerprint density at radius 1 is 1.00 bits per heavy atom. The van der Waals surface area contributed by atoms with Crippen molar-refractivity contribution in [3.63, 3.8) is 0 Å². The zero-order valence-corrected chi connectivity index (χ0v) is 14.9. The minimum atomic E-state index is -0.410. The number of hydrogen-bond donors (Lipinski definition) is 1. The van der Waals surface area contributed by atoms with Crippen LogP contribution in [0.1, 0.15) is 22.8 Å². The highest BCUT2D eigenvalue weighted by molar-refractivity contribution is 5.97. The molecule has 0 saturated carbocycles. The van der Waals surface area contributed by atoms with E-state index >= 15 is 0 Å². The molecule has 0 heterocycles. The molecule has 6 heteroatoms. The number of benzene rings is 2. The first-order valence-corrected chi connectivity index (χ1v) is 8.22. The predicted octanol–water partition coefficient (Wildman–Crippen LogP) is 2.50. The van der Waals surface area contributed by atoms with E-state index in [4.69, 9.17) is 4.74 Å². The van der Waals surface area contributed by atoms with Gasteiger partial charge in [-0.25, -0.2) is 0 Å². The van der Waals surface area contributed by atoms with Crippen molar-refractivity contribution in [2.75, 3.05) is 25.5 Å². The topological polar surface area (TPSA) is 75.7 Å². The van der Waals surface area contributed by atoms with Gasteiger partial charge in [0.05, 0.1) is 20.2 Å². The van der Waals surface area contributed by atoms with Crippen LogP contribution in [0.15, 0.2) is 54.6 Å². The molecular weight excluding hydrogens is 332 g/mol. The molecule has 1 N–H and O–H groups in total. The average molecular weight is 354 g/mol. The predicted molar refractivity (Wildman–Crippen MR) is 98.8 cm³/mol. The molecule has 0 unspecified atom stereocenters. The Balaban J connectivity index is 2.04. The molecule has 0 aromatic heterocycles. The van der Waals surface area contributed by atoms with Gasteiger partial charge in [-0.05, 0) is 24.6 Å². The maximum atomic E-state index is 12.4. The zero-order chi connectivity index (χ0) is 18.9. The van der Waals surface area contributed by atoms with Crippen LogP contribution in [-0.2, 0) is 20.9 Å². The fourth-order valence-electron chi connectivity index (χ4n) is 2.48. The van der Waals surface area contributed by atoms with E-state index in [0.717, 1.165) is 5.56 Å². The molecule has 2 aromatic carbocycles. The summed E-state index contributed by atoms with van der Waals surface area (Å²) in [4.78, 5) is 37.2. The van der Waals surface area contributed by atoms with Gasteiger partial charge in [0.25, 0.3) is 0 Å². The SMILES string of the molecule is COC(=O)CN(CC(=O)Nc1cccc(C(C)=O)c1)Cc1ccccc1. The van der Waals surface area contributed by atoms with Crippen molar-refractivity contribution in [1.29, 1.82) is 0 Å². The van der Waals surface area contributed by atoms with Gasteiger partial charge < -0.3 is 10.1 Å². The number of ketones is 1. The fourth-order valence-corrected chi connectivity index (χ4v) is 2.48. The summed E-state index contributed by atoms with van der Waals surface area (Å²) in [6.07, 6.45) is 0. The number of amides is 1. The Morgan fingerprint density at radius 2 is 1.73 bits per heavy atom. The second kappa shape index (κ2) is 9.48. The molecule has 0 aliphatic carbocycles. The molecule has 1 amide bonds. The molecule has 26 heavy (non-hydrogen) atoms. The third-order valence-electron chi connectivity index (χ3n) is 3.75. The molecule has 0 fully saturated rings. The van der Waals surface area contributed by atoms with Crippen LogP contribution < -0.4 is 5.32 Å². The van der Waals surface area contributed by atoms with E-state index in [2.05, 4.69) is 5.32 Å². The first-order valence-electron chi connectivity index (χ1n) is 8.22. The number of anilines is 1. The van der Waals surface area contributed by atoms with Gasteiger partial charge in [0, 0.05) is 17.8 Å². The maximum Gasteiger partial charge on any atom is 0.319 e. The molecule has 0 radical (unpaired) electrons. The number of carbonyl (C=O) groups is 3. The van der Waals surface area contributed by atoms with Gasteiger partial charge in [-0.2, -0.15) is 0 Å². The van der Waals surface area contributed by atoms with Gasteiger partial charge in [-0.1, -0.05) is 42.5 Å². The number of ether oxygens (including phenoxy) is 1. The van der Waals surface area contributed by atoms with Crippen LogP contribution in [0.2, 0.25) is 0 Å². The van der Waals surface area contributed by atoms with E-state index in [1.54, 1.807) is 29.2 Å². The summed E-state index contributed by atoms with van der Waals surface area (Å²) in [5, 5.41) is 2.76. The highest BCUT2D eigenvalue weighted by Gasteiger charge is 2.16. The van der Waals surface area contributed by atoms with Crippen LogP contribution in [0.3, 0.4) is 0 Å². The third kappa shape index (κ3) is 6.14. The summed E-state index contributed by atoms with van der Waals surface area (Å²) in [7, 11) is 1.32. The summed E-state index contributed by atoms with van der Waals surface area (Å²) < 4.78 is 4.71. The first-order chi connectivity index (χ1) is 12.5. The number of hydrogen-bond acceptors (Lipinski definition) is 5. The lowest BCUT2D eigenvalue weighted by Gasteiger charge is -2.20. The van der Waals surface area contributed by atoms with Crippen molar-refractivity contribution >= 4 is 23.3 Å². The first kappa shape index (κ1) is 19.3. The smallest absolute Gasteiger partial charge is 0.319 e. The number of methoxy groups -OCH3 is 1. The number of esters is 1. The Hall–Kier alpha value is -2.99. The van der Waals surface area contributed by atoms with Crippen molar-refractivity contribution < 1.29 is 19.1 Å². The molecule has 0 atom stereocenters. The van der Waals surface area contributed by atoms with Crippen LogP contribution in [0, 0.1) is 0 Å². The van der Waals surface area contributed by atoms with Crippen molar-refractivity contribution in [3.8, 4) is 0 Å². The lowest BCUT2D eigenvalue weighted by atomic mass is 10.1. The van der Waals surface area contributed by atoms with Crippen LogP contribution >= 0.6 is 0 Å². The number of nitrogens with zero attached hydrogens (tertiary/aromatic N) is 1. The quantitative estimate of drug-likeness (QED) is 0.582. The van der Waals surface area contributed by atoms with E-state index in [-0.39, 0.29) is 24.8 Å². The van der Waals surface area contributed by atoms with Gasteiger partial charge in [-0.15, -0.1) is 0 Å². The minimum absolute atomic E-state index is 0.00625. The molecular formula is C20H22N2O4. The molecule has 0 bridgehead atoms. The number of Topliss-reactive ketones (excluding diaryl/α,β-unsaturated/α-hetero) is 1. The average Bonchev–Trinajstić information content (AvgIpc) is 2.62. The van der Waals surface area contributed by atoms with Gasteiger partial charge in [0.1, 0.15) is 0 Å². The number of rotatable bonds is 8. The Bertz CT molecular complexity index is 774. The normalized spacial score (nSPS) is 10.4. The van der Waals surface area contributed by atoms with E-state index in [0.29, 0.717) is 17.8 Å². The summed E-state index contributed by atoms with van der Waals surface area (Å²) in [6, 6.07) is 16.3. The van der Waals surface area contributed by atoms with Crippen LogP contribution in [0.5, 0.6) is 0 Å². The van der Waals surface area contributed by atoms with Crippen molar-refractivity contribution in [3.05, 3.63) is 65.7 Å². The molecule has 0 saturated heterocycles. The lowest BCUT2D eigenvalue weighted by molar-refractivity contribution is -0.142. The fraction of sp³-hybridized carbons (Fsp3) is 0.250. The molecule has 136 valence electrons. The van der Waals surface area contributed by atoms with Gasteiger partial charge in [-0.3, -0.25) is 19.3 Å². The summed E-state index contributed by atoms with van der Waals surface area (Å²) in [6.45, 7) is 1.94. The van der Waals surface area contributed by atoms with Crippen molar-refractivity contribution in [2.24, 2.45) is 0 Å². The molecule has 0 aliphatic heterocycles. The van der Waals surface area contributed by atoms with E-state index in [9.17, 15) is 14.4 Å². The van der Waals surface area contributed by atoms with Gasteiger partial charge >= 0.3 is 5.97 Å². The molecule has 0 aliphatic rings. The van der Waals surface area contributed by atoms with E-state index in [1.165, 1.54) is 14.0 Å². The summed E-state index contributed by atoms with van der Waals surface area (Å²) in [5.74, 6) is -0.754. The van der Waals surface area contributed by atoms with Crippen LogP contribution in [0.4, 0.5) is 5.69 Å². The Morgan fingerprint density at radius 3 is 2.38 bits per heavy atom. The Labute approximate surface area is 152 Å². The summed E-state index contributed by atoms with van der Waals surface area (Å²) >= 11 is 0. The second-order valence-electron chi connectivity index (χ2n) is 5.89. The van der Waals surface area contributed by atoms with Gasteiger partial charge in [0.2, 0.25) is 5.91 Å².